The van der Waals surface area contributed by atoms with Crippen LogP contribution in [0, 0.1) is 11.3 Å². The van der Waals surface area contributed by atoms with Gasteiger partial charge in [0.15, 0.2) is 5.82 Å². The molecule has 1 heterocycles. The van der Waals surface area contributed by atoms with Crippen molar-refractivity contribution in [3.8, 4) is 11.8 Å². The zero-order valence-corrected chi connectivity index (χ0v) is 11.2. The third-order valence-electron chi connectivity index (χ3n) is 2.78. The second-order valence-corrected chi connectivity index (χ2v) is 4.29. The van der Waals surface area contributed by atoms with E-state index < -0.39 is 0 Å². The maximum absolute atomic E-state index is 9.14. The smallest absolute Gasteiger partial charge is 0.175 e. The number of amidine groups is 1. The van der Waals surface area contributed by atoms with E-state index in [1.807, 2.05) is 56.3 Å². The molecular formula is C14H15N5. The summed E-state index contributed by atoms with van der Waals surface area (Å²) in [6.45, 7) is 1.89. The van der Waals surface area contributed by atoms with Gasteiger partial charge in [0.2, 0.25) is 0 Å². The Balaban J connectivity index is 2.56. The number of nitrogens with zero attached hydrogens (tertiary/aromatic N) is 5. The van der Waals surface area contributed by atoms with E-state index in [1.165, 1.54) is 6.20 Å². The average Bonchev–Trinajstić information content (AvgIpc) is 2.82. The highest BCUT2D eigenvalue weighted by molar-refractivity contribution is 5.82. The van der Waals surface area contributed by atoms with Crippen LogP contribution in [0.2, 0.25) is 0 Å². The molecule has 0 amide bonds. The first kappa shape index (κ1) is 12.8. The van der Waals surface area contributed by atoms with Crippen LogP contribution in [0.25, 0.3) is 5.69 Å². The van der Waals surface area contributed by atoms with Crippen molar-refractivity contribution in [1.29, 1.82) is 5.26 Å². The lowest BCUT2D eigenvalue weighted by molar-refractivity contribution is 0.618. The first-order valence-electron chi connectivity index (χ1n) is 5.89. The molecule has 19 heavy (non-hydrogen) atoms. The molecule has 0 aliphatic rings. The van der Waals surface area contributed by atoms with Crippen molar-refractivity contribution >= 4 is 11.7 Å². The fourth-order valence-electron chi connectivity index (χ4n) is 1.54. The molecule has 5 nitrogen and oxygen atoms in total. The number of rotatable bonds is 2. The molecular weight excluding hydrogens is 238 g/mol. The van der Waals surface area contributed by atoms with E-state index in [0.29, 0.717) is 11.4 Å². The molecule has 5 heteroatoms. The van der Waals surface area contributed by atoms with E-state index in [9.17, 15) is 0 Å². The van der Waals surface area contributed by atoms with Crippen LogP contribution in [-0.4, -0.2) is 34.6 Å². The molecule has 2 rings (SSSR count). The summed E-state index contributed by atoms with van der Waals surface area (Å²) in [5, 5.41) is 13.4. The molecule has 96 valence electrons. The van der Waals surface area contributed by atoms with Gasteiger partial charge in [-0.2, -0.15) is 10.4 Å². The number of aromatic nitrogens is 2. The third kappa shape index (κ3) is 2.63. The zero-order valence-electron chi connectivity index (χ0n) is 11.2. The number of benzene rings is 1. The van der Waals surface area contributed by atoms with Gasteiger partial charge in [0.1, 0.15) is 17.5 Å². The van der Waals surface area contributed by atoms with Gasteiger partial charge >= 0.3 is 0 Å². The minimum atomic E-state index is 0.463. The summed E-state index contributed by atoms with van der Waals surface area (Å²) < 4.78 is 1.67. The normalized spacial score (nSPS) is 11.2. The van der Waals surface area contributed by atoms with E-state index in [0.717, 1.165) is 11.5 Å². The lowest BCUT2D eigenvalue weighted by atomic mass is 10.3. The number of aliphatic imine (C=N–C) groups is 1. The van der Waals surface area contributed by atoms with Crippen LogP contribution in [-0.2, 0) is 0 Å². The van der Waals surface area contributed by atoms with Gasteiger partial charge < -0.3 is 4.90 Å². The summed E-state index contributed by atoms with van der Waals surface area (Å²) in [6.07, 6.45) is 1.54. The maximum Gasteiger partial charge on any atom is 0.175 e. The fraction of sp³-hybridized carbons (Fsp3) is 0.214. The van der Waals surface area contributed by atoms with Crippen molar-refractivity contribution in [1.82, 2.24) is 14.7 Å². The van der Waals surface area contributed by atoms with Crippen LogP contribution in [0.15, 0.2) is 41.5 Å². The Morgan fingerprint density at radius 3 is 2.58 bits per heavy atom. The topological polar surface area (TPSA) is 57.2 Å². The van der Waals surface area contributed by atoms with Crippen molar-refractivity contribution in [3.63, 3.8) is 0 Å². The Morgan fingerprint density at radius 1 is 1.32 bits per heavy atom. The highest BCUT2D eigenvalue weighted by Gasteiger charge is 2.11. The minimum absolute atomic E-state index is 0.463. The Bertz CT molecular complexity index is 632. The standard InChI is InChI=1S/C14H15N5/c1-11(18(2)3)17-14-12(9-15)10-16-19(14)13-7-5-4-6-8-13/h4-8,10H,1-3H3/b17-11+. The Kier molecular flexibility index (Phi) is 3.62. The lowest BCUT2D eigenvalue weighted by Crippen LogP contribution is -2.18. The molecule has 0 saturated heterocycles. The number of nitriles is 1. The van der Waals surface area contributed by atoms with Crippen LogP contribution in [0.3, 0.4) is 0 Å². The van der Waals surface area contributed by atoms with Crippen LogP contribution < -0.4 is 0 Å². The Hall–Kier alpha value is -2.61. The van der Waals surface area contributed by atoms with Gasteiger partial charge in [-0.15, -0.1) is 0 Å². The molecule has 0 bridgehead atoms. The van der Waals surface area contributed by atoms with Crippen molar-refractivity contribution < 1.29 is 0 Å². The summed E-state index contributed by atoms with van der Waals surface area (Å²) in [6, 6.07) is 11.8. The average molecular weight is 253 g/mol. The van der Waals surface area contributed by atoms with Gasteiger partial charge in [0.05, 0.1) is 11.9 Å². The first-order chi connectivity index (χ1) is 9.13. The largest absolute Gasteiger partial charge is 0.366 e. The van der Waals surface area contributed by atoms with Crippen molar-refractivity contribution in [2.24, 2.45) is 4.99 Å². The molecule has 0 atom stereocenters. The number of hydrogen-bond donors (Lipinski definition) is 0. The van der Waals surface area contributed by atoms with Crippen LogP contribution in [0.5, 0.6) is 0 Å². The fourth-order valence-corrected chi connectivity index (χ4v) is 1.54. The van der Waals surface area contributed by atoms with Crippen LogP contribution in [0.4, 0.5) is 5.82 Å². The predicted octanol–water partition coefficient (Wildman–Crippen LogP) is 2.36. The van der Waals surface area contributed by atoms with Crippen LogP contribution >= 0.6 is 0 Å². The van der Waals surface area contributed by atoms with Gasteiger partial charge in [0, 0.05) is 14.1 Å². The van der Waals surface area contributed by atoms with E-state index >= 15 is 0 Å². The molecule has 0 aliphatic heterocycles. The summed E-state index contributed by atoms with van der Waals surface area (Å²) in [7, 11) is 3.82. The second kappa shape index (κ2) is 5.36. The van der Waals surface area contributed by atoms with E-state index in [1.54, 1.807) is 4.68 Å². The minimum Gasteiger partial charge on any atom is -0.366 e. The Morgan fingerprint density at radius 2 is 2.00 bits per heavy atom. The second-order valence-electron chi connectivity index (χ2n) is 4.29. The summed E-state index contributed by atoms with van der Waals surface area (Å²) >= 11 is 0. The molecule has 0 fully saturated rings. The van der Waals surface area contributed by atoms with E-state index in [-0.39, 0.29) is 0 Å². The summed E-state index contributed by atoms with van der Waals surface area (Å²) in [5.74, 6) is 1.37. The molecule has 0 saturated carbocycles. The monoisotopic (exact) mass is 253 g/mol. The number of hydrogen-bond acceptors (Lipinski definition) is 3. The number of para-hydroxylation sites is 1. The maximum atomic E-state index is 9.14. The molecule has 1 aromatic carbocycles. The van der Waals surface area contributed by atoms with E-state index in [2.05, 4.69) is 16.2 Å². The molecule has 2 aromatic rings. The van der Waals surface area contributed by atoms with E-state index in [4.69, 9.17) is 5.26 Å². The van der Waals surface area contributed by atoms with Gasteiger partial charge in [-0.1, -0.05) is 18.2 Å². The quantitative estimate of drug-likeness (QED) is 0.609. The lowest BCUT2D eigenvalue weighted by Gasteiger charge is -2.11. The first-order valence-corrected chi connectivity index (χ1v) is 5.89. The molecule has 0 radical (unpaired) electrons. The van der Waals surface area contributed by atoms with Crippen LogP contribution in [0.1, 0.15) is 12.5 Å². The van der Waals surface area contributed by atoms with Crippen molar-refractivity contribution in [2.45, 2.75) is 6.92 Å². The zero-order chi connectivity index (χ0) is 13.8. The SMILES string of the molecule is C/C(=N\c1c(C#N)cnn1-c1ccccc1)N(C)C. The third-order valence-corrected chi connectivity index (χ3v) is 2.78. The van der Waals surface area contributed by atoms with Crippen molar-refractivity contribution in [3.05, 3.63) is 42.1 Å². The van der Waals surface area contributed by atoms with Crippen molar-refractivity contribution in [2.75, 3.05) is 14.1 Å². The Labute approximate surface area is 112 Å². The molecule has 0 unspecified atom stereocenters. The molecule has 0 spiro atoms. The van der Waals surface area contributed by atoms with Gasteiger partial charge in [-0.05, 0) is 19.1 Å². The molecule has 0 aliphatic carbocycles. The molecule has 0 N–H and O–H groups in total. The van der Waals surface area contributed by atoms with Gasteiger partial charge in [-0.25, -0.2) is 9.67 Å². The highest BCUT2D eigenvalue weighted by atomic mass is 15.3. The summed E-state index contributed by atoms with van der Waals surface area (Å²) in [4.78, 5) is 6.38. The highest BCUT2D eigenvalue weighted by Crippen LogP contribution is 2.22. The predicted molar refractivity (Wildman–Crippen MR) is 74.7 cm³/mol. The molecule has 1 aromatic heterocycles. The summed E-state index contributed by atoms with van der Waals surface area (Å²) in [5.41, 5.74) is 1.35. The van der Waals surface area contributed by atoms with Gasteiger partial charge in [-0.3, -0.25) is 0 Å². The van der Waals surface area contributed by atoms with Gasteiger partial charge in [0.25, 0.3) is 0 Å².